The molecule has 0 rings (SSSR count). The van der Waals surface area contributed by atoms with Gasteiger partial charge in [0.1, 0.15) is 0 Å². The van der Waals surface area contributed by atoms with Gasteiger partial charge in [0.05, 0.1) is 0 Å². The molecule has 0 bridgehead atoms. The fourth-order valence-corrected chi connectivity index (χ4v) is 0. The molecule has 0 heterocycles. The molecule has 0 aromatic carbocycles. The van der Waals surface area contributed by atoms with Crippen LogP contribution in [0.4, 0.5) is 0 Å². The van der Waals surface area contributed by atoms with Gasteiger partial charge in [0, 0.05) is 0 Å². The Morgan fingerprint density at radius 1 is 1.00 bits per heavy atom. The van der Waals surface area contributed by atoms with E-state index >= 15 is 0 Å². The van der Waals surface area contributed by atoms with Gasteiger partial charge in [-0.05, 0) is 0 Å². The van der Waals surface area contributed by atoms with Crippen molar-refractivity contribution in [2.75, 3.05) is 0 Å². The van der Waals surface area contributed by atoms with Crippen LogP contribution in [0.5, 0.6) is 0 Å². The van der Waals surface area contributed by atoms with Gasteiger partial charge in [0.2, 0.25) is 0 Å². The molecule has 25 valence electrons. The molecule has 0 aromatic rings. The van der Waals surface area contributed by atoms with Gasteiger partial charge in [-0.1, -0.05) is 0 Å². The molecule has 1 radical (unpaired) electrons. The topological polar surface area (TPSA) is 0 Å². The predicted molar refractivity (Wildman–Crippen MR) is 23.3 cm³/mol. The molecule has 0 nitrogen and oxygen atoms in total. The van der Waals surface area contributed by atoms with Gasteiger partial charge < -0.3 is 0 Å². The molecule has 0 atom stereocenters. The average molecular weight is 62.9 g/mol. The van der Waals surface area contributed by atoms with Gasteiger partial charge in [0.25, 0.3) is 0 Å². The third kappa shape index (κ3) is 75.3. The molecule has 0 aromatic heterocycles. The van der Waals surface area contributed by atoms with Crippen molar-refractivity contribution in [3.8, 4) is 0 Å². The van der Waals surface area contributed by atoms with Crippen LogP contribution in [0, 0.1) is 0 Å². The largest absolute Gasteiger partial charge is 1.00 e. The van der Waals surface area contributed by atoms with Gasteiger partial charge in [0.15, 0.2) is 0 Å². The average Bonchev–Trinajstić information content (AvgIpc) is 0.811. The zero-order chi connectivity index (χ0) is 3.58. The monoisotopic (exact) mass is 63.1 g/mol. The van der Waals surface area contributed by atoms with Crippen LogP contribution in [0.15, 0.2) is 0 Å². The Kier molecular flexibility index (Phi) is 8.56. The molecule has 0 spiro atoms. The van der Waals surface area contributed by atoms with E-state index in [4.69, 9.17) is 0 Å². The molecule has 0 unspecified atom stereocenters. The first-order valence-corrected chi connectivity index (χ1v) is 1.73. The maximum absolute atomic E-state index is 2.17. The summed E-state index contributed by atoms with van der Waals surface area (Å²) in [6, 6.07) is 0. The zero-order valence-electron chi connectivity index (χ0n) is 4.58. The minimum Gasteiger partial charge on any atom is -0.221 e. The van der Waals surface area contributed by atoms with Crippen molar-refractivity contribution in [1.29, 1.82) is 0 Å². The Hall–Kier alpha value is 0.662. The molecular weight excluding hydrogens is 53.8 g/mol. The van der Waals surface area contributed by atoms with Crippen molar-refractivity contribution in [3.63, 3.8) is 0 Å². The second kappa shape index (κ2) is 4.66. The van der Waals surface area contributed by atoms with E-state index in [0.29, 0.717) is 0 Å². The first-order valence-electron chi connectivity index (χ1n) is 1.73. The van der Waals surface area contributed by atoms with Gasteiger partial charge in [-0.15, -0.1) is 6.71 Å². The quantitative estimate of drug-likeness (QED) is 0.296. The Bertz CT molecular complexity index is 11.6. The Labute approximate surface area is 46.6 Å². The SMILES string of the molecule is C[B-](C)C.[Li+]. The van der Waals surface area contributed by atoms with Gasteiger partial charge >= 0.3 is 18.9 Å². The third-order valence-corrected chi connectivity index (χ3v) is 0. The van der Waals surface area contributed by atoms with Crippen LogP contribution in [0.3, 0.4) is 0 Å². The van der Waals surface area contributed by atoms with Crippen LogP contribution in [-0.2, 0) is 0 Å². The normalized spacial score (nSPS) is 7.20. The molecule has 0 N–H and O–H groups in total. The van der Waals surface area contributed by atoms with Crippen LogP contribution >= 0.6 is 0 Å². The van der Waals surface area contributed by atoms with Crippen molar-refractivity contribution in [2.45, 2.75) is 20.5 Å². The molecule has 0 aliphatic rings. The summed E-state index contributed by atoms with van der Waals surface area (Å²) in [5.41, 5.74) is 0. The van der Waals surface area contributed by atoms with E-state index in [2.05, 4.69) is 20.5 Å². The Morgan fingerprint density at radius 2 is 1.00 bits per heavy atom. The number of rotatable bonds is 0. The summed E-state index contributed by atoms with van der Waals surface area (Å²) < 4.78 is 0. The van der Waals surface area contributed by atoms with Crippen LogP contribution in [0.25, 0.3) is 0 Å². The number of hydrogen-bond donors (Lipinski definition) is 0. The minimum atomic E-state index is 0. The summed E-state index contributed by atoms with van der Waals surface area (Å²) in [4.78, 5) is 0. The molecule has 0 saturated carbocycles. The second-order valence-electron chi connectivity index (χ2n) is 1.73. The van der Waals surface area contributed by atoms with E-state index in [1.54, 1.807) is 0 Å². The van der Waals surface area contributed by atoms with Gasteiger partial charge in [-0.2, -0.15) is 0 Å². The summed E-state index contributed by atoms with van der Waals surface area (Å²) >= 11 is 0. The summed E-state index contributed by atoms with van der Waals surface area (Å²) in [6.07, 6.45) is 0. The van der Waals surface area contributed by atoms with Crippen molar-refractivity contribution in [1.82, 2.24) is 0 Å². The summed E-state index contributed by atoms with van der Waals surface area (Å²) in [7, 11) is 0. The van der Waals surface area contributed by atoms with Crippen LogP contribution in [-0.4, -0.2) is 6.71 Å². The van der Waals surface area contributed by atoms with E-state index in [0.717, 1.165) is 6.71 Å². The molecule has 0 saturated heterocycles. The maximum atomic E-state index is 2.17. The van der Waals surface area contributed by atoms with Crippen molar-refractivity contribution in [3.05, 3.63) is 0 Å². The summed E-state index contributed by atoms with van der Waals surface area (Å²) in [5.74, 6) is 0. The van der Waals surface area contributed by atoms with Crippen molar-refractivity contribution in [2.24, 2.45) is 0 Å². The third-order valence-electron chi connectivity index (χ3n) is 0. The Balaban J connectivity index is 0. The van der Waals surface area contributed by atoms with E-state index in [-0.39, 0.29) is 18.9 Å². The second-order valence-corrected chi connectivity index (χ2v) is 1.73. The molecule has 5 heavy (non-hydrogen) atoms. The molecular formula is C3H9BLi. The standard InChI is InChI=1S/C3H9B.Li/c1-4(2)3;/h1-3H3;/q-1;+1. The molecule has 2 heteroatoms. The number of hydrogen-bond acceptors (Lipinski definition) is 0. The van der Waals surface area contributed by atoms with E-state index in [1.807, 2.05) is 0 Å². The van der Waals surface area contributed by atoms with E-state index < -0.39 is 0 Å². The predicted octanol–water partition coefficient (Wildman–Crippen LogP) is -1.63. The first kappa shape index (κ1) is 9.18. The first-order chi connectivity index (χ1) is 1.73. The van der Waals surface area contributed by atoms with Gasteiger partial charge in [-0.3, -0.25) is 0 Å². The maximum Gasteiger partial charge on any atom is 1.00 e. The Morgan fingerprint density at radius 3 is 1.00 bits per heavy atom. The van der Waals surface area contributed by atoms with Crippen molar-refractivity contribution < 1.29 is 18.9 Å². The zero-order valence-corrected chi connectivity index (χ0v) is 4.58. The van der Waals surface area contributed by atoms with Crippen LogP contribution in [0.2, 0.25) is 20.5 Å². The summed E-state index contributed by atoms with van der Waals surface area (Å²) in [6.45, 7) is 7.33. The van der Waals surface area contributed by atoms with Crippen LogP contribution in [0.1, 0.15) is 0 Å². The fraction of sp³-hybridized carbons (Fsp3) is 1.00. The molecule has 0 aliphatic carbocycles. The smallest absolute Gasteiger partial charge is 0.221 e. The van der Waals surface area contributed by atoms with Gasteiger partial charge in [-0.25, -0.2) is 20.5 Å². The molecule has 0 aliphatic heterocycles. The van der Waals surface area contributed by atoms with E-state index in [1.165, 1.54) is 0 Å². The van der Waals surface area contributed by atoms with Crippen LogP contribution < -0.4 is 18.9 Å². The van der Waals surface area contributed by atoms with E-state index in [9.17, 15) is 0 Å². The molecule has 0 amide bonds. The summed E-state index contributed by atoms with van der Waals surface area (Å²) in [5, 5.41) is 0. The fourth-order valence-electron chi connectivity index (χ4n) is 0. The van der Waals surface area contributed by atoms with Crippen molar-refractivity contribution >= 4 is 6.71 Å². The minimum absolute atomic E-state index is 0. The molecule has 0 fully saturated rings.